The Morgan fingerprint density at radius 2 is 1.76 bits per heavy atom. The number of carbonyl (C=O) groups is 2. The number of rotatable bonds is 14. The van der Waals surface area contributed by atoms with Gasteiger partial charge in [-0.3, -0.25) is 14.3 Å². The summed E-state index contributed by atoms with van der Waals surface area (Å²) >= 11 is 0. The SMILES string of the molecule is CC[C@H]1OC(=O)[C@H](C)C(=O)[C@H](C)[C@@H](O[C@@H]2O[C@H](C)C[C@H](N(C)CCc3cn(CCc4ccc(S(C)(=O)=O)cc4)nn3)[C@H]2O)[C@](C)(OC)C[C@@H](C)/C(=N\O[C@@H]2CCCNC2)[C@H](C)[C@@H](O)[C@]1(C)O. The number of Topliss-reactive ketones (excluding diaryl/α,β-unsaturated/α-hetero) is 1. The van der Waals surface area contributed by atoms with Gasteiger partial charge in [-0.05, 0) is 97.5 Å². The van der Waals surface area contributed by atoms with Crippen molar-refractivity contribution in [1.82, 2.24) is 25.2 Å². The van der Waals surface area contributed by atoms with Gasteiger partial charge >= 0.3 is 5.97 Å². The molecule has 0 saturated carbocycles. The number of carbonyl (C=O) groups excluding carboxylic acids is 2. The summed E-state index contributed by atoms with van der Waals surface area (Å²) in [6.07, 6.45) is 0.199. The van der Waals surface area contributed by atoms with E-state index in [1.807, 2.05) is 38.9 Å². The fourth-order valence-electron chi connectivity index (χ4n) is 9.75. The number of hydrogen-bond acceptors (Lipinski definition) is 17. The van der Waals surface area contributed by atoms with Crippen LogP contribution in [0.3, 0.4) is 0 Å². The number of cyclic esters (lactones) is 1. The van der Waals surface area contributed by atoms with Gasteiger partial charge in [0.1, 0.15) is 29.8 Å². The third kappa shape index (κ3) is 13.0. The fraction of sp³-hybridized carbons (Fsp3) is 0.766. The maximum Gasteiger partial charge on any atom is 0.316 e. The van der Waals surface area contributed by atoms with E-state index in [4.69, 9.17) is 23.8 Å². The van der Waals surface area contributed by atoms with Crippen molar-refractivity contribution in [1.29, 1.82) is 0 Å². The van der Waals surface area contributed by atoms with E-state index in [0.717, 1.165) is 30.6 Å². The lowest BCUT2D eigenvalue weighted by molar-refractivity contribution is -0.295. The summed E-state index contributed by atoms with van der Waals surface area (Å²) < 4.78 is 50.7. The molecule has 1 aromatic heterocycles. The summed E-state index contributed by atoms with van der Waals surface area (Å²) in [5, 5.41) is 52.4. The smallest absolute Gasteiger partial charge is 0.316 e. The van der Waals surface area contributed by atoms with Crippen LogP contribution in [-0.2, 0) is 62.6 Å². The number of aliphatic hydroxyl groups excluding tert-OH is 2. The first-order valence-electron chi connectivity index (χ1n) is 23.5. The summed E-state index contributed by atoms with van der Waals surface area (Å²) in [4.78, 5) is 36.6. The molecular weight excluding hydrogens is 873 g/mol. The summed E-state index contributed by atoms with van der Waals surface area (Å²) in [5.74, 6) is -4.85. The first-order valence-corrected chi connectivity index (χ1v) is 25.4. The molecule has 0 bridgehead atoms. The predicted molar refractivity (Wildman–Crippen MR) is 246 cm³/mol. The number of benzene rings is 1. The van der Waals surface area contributed by atoms with Gasteiger partial charge in [-0.2, -0.15) is 0 Å². The van der Waals surface area contributed by atoms with Crippen molar-refractivity contribution in [2.45, 2.75) is 172 Å². The molecule has 0 aliphatic carbocycles. The number of nitrogens with one attached hydrogen (secondary N) is 1. The number of oxime groups is 1. The van der Waals surface area contributed by atoms with Crippen LogP contribution in [0.2, 0.25) is 0 Å². The molecule has 0 radical (unpaired) electrons. The summed E-state index contributed by atoms with van der Waals surface area (Å²) in [5.41, 5.74) is -1.00. The van der Waals surface area contributed by atoms with Gasteiger partial charge in [-0.25, -0.2) is 8.42 Å². The van der Waals surface area contributed by atoms with Gasteiger partial charge in [0.2, 0.25) is 0 Å². The van der Waals surface area contributed by atoms with Crippen LogP contribution in [0.25, 0.3) is 0 Å². The van der Waals surface area contributed by atoms with E-state index < -0.39 is 93.2 Å². The minimum Gasteiger partial charge on any atom is -0.459 e. The number of nitrogens with zero attached hydrogens (tertiary/aromatic N) is 5. The lowest BCUT2D eigenvalue weighted by Gasteiger charge is -2.47. The average Bonchev–Trinajstić information content (AvgIpc) is 3.75. The minimum absolute atomic E-state index is 0.163. The molecule has 0 amide bonds. The summed E-state index contributed by atoms with van der Waals surface area (Å²) in [6.45, 7) is 16.2. The number of hydrogen-bond donors (Lipinski definition) is 4. The van der Waals surface area contributed by atoms with Gasteiger partial charge in [-0.15, -0.1) is 5.10 Å². The standard InChI is InChI=1S/C47H76N6O12S/c1-12-38-47(8,58)42(56)30(4)39(50-65-35-14-13-21-48-26-35)28(2)25-46(7,61-10)43(31(5)40(54)32(6)44(57)63-38)64-45-41(55)37(24-29(3)62-45)52(9)22-20-34-27-53(51-49-34)23-19-33-15-17-36(18-16-33)66(11,59)60/h15-18,27-32,35,37-38,41-43,45,48,55-56,58H,12-14,19-26H2,1-11H3/b50-39+/t28-,29-,30+,31+,32-,35-,37+,38-,41-,42-,43-,45+,46-,47-/m1/s1. The fourth-order valence-corrected chi connectivity index (χ4v) is 10.4. The van der Waals surface area contributed by atoms with Crippen LogP contribution in [0.1, 0.15) is 98.8 Å². The van der Waals surface area contributed by atoms with Gasteiger partial charge in [0.05, 0.1) is 40.2 Å². The Bertz CT molecular complexity index is 2040. The quantitative estimate of drug-likeness (QED) is 0.121. The van der Waals surface area contributed by atoms with Crippen molar-refractivity contribution in [2.24, 2.45) is 28.8 Å². The Labute approximate surface area is 391 Å². The average molecular weight is 949 g/mol. The van der Waals surface area contributed by atoms with Crippen molar-refractivity contribution < 1.29 is 57.1 Å². The highest BCUT2D eigenvalue weighted by atomic mass is 32.2. The van der Waals surface area contributed by atoms with E-state index in [1.165, 1.54) is 27.2 Å². The van der Waals surface area contributed by atoms with E-state index in [2.05, 4.69) is 20.8 Å². The molecule has 19 heteroatoms. The molecule has 1 aromatic carbocycles. The molecule has 2 aromatic rings. The van der Waals surface area contributed by atoms with Gasteiger partial charge in [0.15, 0.2) is 21.9 Å². The highest BCUT2D eigenvalue weighted by molar-refractivity contribution is 7.90. The van der Waals surface area contributed by atoms with Crippen molar-refractivity contribution in [3.05, 3.63) is 41.7 Å². The monoisotopic (exact) mass is 949 g/mol. The molecule has 372 valence electrons. The van der Waals surface area contributed by atoms with Crippen LogP contribution >= 0.6 is 0 Å². The second-order valence-corrected chi connectivity index (χ2v) is 21.5. The van der Waals surface area contributed by atoms with Crippen molar-refractivity contribution in [2.75, 3.05) is 40.0 Å². The molecule has 4 heterocycles. The third-order valence-corrected chi connectivity index (χ3v) is 15.2. The maximum absolute atomic E-state index is 14.4. The summed E-state index contributed by atoms with van der Waals surface area (Å²) in [7, 11) is 0.158. The number of aromatic nitrogens is 3. The molecule has 0 unspecified atom stereocenters. The molecule has 0 spiro atoms. The van der Waals surface area contributed by atoms with E-state index in [0.29, 0.717) is 44.6 Å². The highest BCUT2D eigenvalue weighted by Crippen LogP contribution is 2.39. The Balaban J connectivity index is 1.37. The number of ketones is 1. The minimum atomic E-state index is -3.27. The number of aryl methyl sites for hydroxylation is 2. The molecule has 5 rings (SSSR count). The Kier molecular flexibility index (Phi) is 18.5. The lowest BCUT2D eigenvalue weighted by atomic mass is 9.74. The van der Waals surface area contributed by atoms with Gasteiger partial charge < -0.3 is 49.3 Å². The molecule has 66 heavy (non-hydrogen) atoms. The van der Waals surface area contributed by atoms with E-state index >= 15 is 0 Å². The predicted octanol–water partition coefficient (Wildman–Crippen LogP) is 3.13. The van der Waals surface area contributed by atoms with Crippen LogP contribution in [0, 0.1) is 23.7 Å². The van der Waals surface area contributed by atoms with Gasteiger partial charge in [0.25, 0.3) is 0 Å². The molecule has 14 atom stereocenters. The normalized spacial score (nSPS) is 36.3. The number of methoxy groups -OCH3 is 1. The topological polar surface area (TPSA) is 233 Å². The van der Waals surface area contributed by atoms with E-state index in [1.54, 1.807) is 49.7 Å². The van der Waals surface area contributed by atoms with Crippen LogP contribution in [0.4, 0.5) is 0 Å². The largest absolute Gasteiger partial charge is 0.459 e. The van der Waals surface area contributed by atoms with Gasteiger partial charge in [-0.1, -0.05) is 50.2 Å². The second kappa shape index (κ2) is 22.8. The zero-order valence-corrected chi connectivity index (χ0v) is 41.6. The number of piperidine rings is 1. The summed E-state index contributed by atoms with van der Waals surface area (Å²) in [6, 6.07) is 6.39. The molecule has 3 aliphatic rings. The zero-order valence-electron chi connectivity index (χ0n) is 40.8. The van der Waals surface area contributed by atoms with Gasteiger partial charge in [0, 0.05) is 69.4 Å². The maximum atomic E-state index is 14.4. The van der Waals surface area contributed by atoms with Crippen LogP contribution in [0.5, 0.6) is 0 Å². The Morgan fingerprint density at radius 1 is 1.06 bits per heavy atom. The van der Waals surface area contributed by atoms with E-state index in [9.17, 15) is 33.3 Å². The molecular formula is C47H76N6O12S. The number of ether oxygens (including phenoxy) is 4. The lowest BCUT2D eigenvalue weighted by Crippen LogP contribution is -2.60. The second-order valence-electron chi connectivity index (χ2n) is 19.5. The Hall–Kier alpha value is -3.40. The highest BCUT2D eigenvalue weighted by Gasteiger charge is 2.52. The number of likely N-dealkylation sites (N-methyl/N-ethyl adjacent to an activating group) is 1. The van der Waals surface area contributed by atoms with Crippen molar-refractivity contribution in [3.8, 4) is 0 Å². The third-order valence-electron chi connectivity index (χ3n) is 14.1. The van der Waals surface area contributed by atoms with Crippen LogP contribution < -0.4 is 5.32 Å². The molecule has 4 N–H and O–H groups in total. The molecule has 3 fully saturated rings. The van der Waals surface area contributed by atoms with Crippen LogP contribution in [0.15, 0.2) is 40.5 Å². The van der Waals surface area contributed by atoms with Crippen molar-refractivity contribution in [3.63, 3.8) is 0 Å². The molecule has 18 nitrogen and oxygen atoms in total. The van der Waals surface area contributed by atoms with Crippen molar-refractivity contribution >= 4 is 27.3 Å². The number of aliphatic hydroxyl groups is 3. The molecule has 3 saturated heterocycles. The number of esters is 1. The zero-order chi connectivity index (χ0) is 48.7. The van der Waals surface area contributed by atoms with E-state index in [-0.39, 0.29) is 29.9 Å². The molecule has 3 aliphatic heterocycles. The Morgan fingerprint density at radius 3 is 2.38 bits per heavy atom. The number of sulfone groups is 1. The first kappa shape index (κ1) is 53.6. The first-order chi connectivity index (χ1) is 31.0. The van der Waals surface area contributed by atoms with Crippen LogP contribution in [-0.4, -0.2) is 161 Å².